The Balaban J connectivity index is 1.93. The molecule has 1 saturated carbocycles. The summed E-state index contributed by atoms with van der Waals surface area (Å²) in [7, 11) is 2.15. The van der Waals surface area contributed by atoms with E-state index >= 15 is 0 Å². The maximum Gasteiger partial charge on any atom is 0.128 e. The van der Waals surface area contributed by atoms with E-state index in [0.717, 1.165) is 31.4 Å². The minimum absolute atomic E-state index is 0.888. The largest absolute Gasteiger partial charge is 0.359 e. The number of nitrogens with zero attached hydrogens (tertiary/aromatic N) is 2. The summed E-state index contributed by atoms with van der Waals surface area (Å²) in [4.78, 5) is 6.75. The fourth-order valence-electron chi connectivity index (χ4n) is 2.20. The third-order valence-corrected chi connectivity index (χ3v) is 3.54. The monoisotopic (exact) mass is 233 g/mol. The third-order valence-electron chi connectivity index (χ3n) is 3.54. The van der Waals surface area contributed by atoms with Crippen LogP contribution in [0, 0.1) is 5.92 Å². The Labute approximate surface area is 104 Å². The van der Waals surface area contributed by atoms with E-state index in [9.17, 15) is 0 Å². The van der Waals surface area contributed by atoms with Crippen molar-refractivity contribution in [1.29, 1.82) is 0 Å². The average Bonchev–Trinajstić information content (AvgIpc) is 2.31. The van der Waals surface area contributed by atoms with Crippen molar-refractivity contribution in [2.75, 3.05) is 25.0 Å². The van der Waals surface area contributed by atoms with Gasteiger partial charge in [0, 0.05) is 26.3 Å². The van der Waals surface area contributed by atoms with Crippen LogP contribution in [-0.2, 0) is 6.54 Å². The summed E-state index contributed by atoms with van der Waals surface area (Å²) < 4.78 is 0. The number of rotatable bonds is 6. The van der Waals surface area contributed by atoms with E-state index in [1.54, 1.807) is 0 Å². The van der Waals surface area contributed by atoms with Crippen LogP contribution >= 0.6 is 0 Å². The van der Waals surface area contributed by atoms with E-state index in [0.29, 0.717) is 0 Å². The second-order valence-electron chi connectivity index (χ2n) is 4.98. The molecule has 1 aromatic heterocycles. The van der Waals surface area contributed by atoms with E-state index in [1.165, 1.54) is 24.8 Å². The lowest BCUT2D eigenvalue weighted by molar-refractivity contribution is 0.321. The van der Waals surface area contributed by atoms with Crippen molar-refractivity contribution in [3.63, 3.8) is 0 Å². The molecule has 3 heteroatoms. The van der Waals surface area contributed by atoms with Gasteiger partial charge >= 0.3 is 0 Å². The SMILES string of the molecule is CCNCc1ccnc(N(C)CC2CCC2)c1. The number of hydrogen-bond donors (Lipinski definition) is 1. The molecular formula is C14H23N3. The van der Waals surface area contributed by atoms with Gasteiger partial charge in [0.25, 0.3) is 0 Å². The summed E-state index contributed by atoms with van der Waals surface area (Å²) in [5.74, 6) is 1.99. The molecule has 0 spiro atoms. The lowest BCUT2D eigenvalue weighted by atomic mass is 9.85. The summed E-state index contributed by atoms with van der Waals surface area (Å²) in [5.41, 5.74) is 1.32. The van der Waals surface area contributed by atoms with Crippen molar-refractivity contribution in [1.82, 2.24) is 10.3 Å². The topological polar surface area (TPSA) is 28.2 Å². The molecule has 0 bridgehead atoms. The molecule has 0 unspecified atom stereocenters. The first-order valence-electron chi connectivity index (χ1n) is 6.66. The van der Waals surface area contributed by atoms with Gasteiger partial charge in [-0.25, -0.2) is 4.98 Å². The van der Waals surface area contributed by atoms with Gasteiger partial charge in [-0.2, -0.15) is 0 Å². The molecule has 3 nitrogen and oxygen atoms in total. The smallest absolute Gasteiger partial charge is 0.128 e. The van der Waals surface area contributed by atoms with Crippen molar-refractivity contribution in [3.8, 4) is 0 Å². The van der Waals surface area contributed by atoms with Gasteiger partial charge in [-0.05, 0) is 43.0 Å². The molecule has 17 heavy (non-hydrogen) atoms. The third kappa shape index (κ3) is 3.43. The molecule has 1 aliphatic rings. The van der Waals surface area contributed by atoms with Crippen LogP contribution in [0.5, 0.6) is 0 Å². The predicted molar refractivity (Wildman–Crippen MR) is 72.2 cm³/mol. The van der Waals surface area contributed by atoms with Crippen LogP contribution in [0.3, 0.4) is 0 Å². The molecule has 1 aromatic rings. The van der Waals surface area contributed by atoms with E-state index in [-0.39, 0.29) is 0 Å². The molecule has 0 aliphatic heterocycles. The van der Waals surface area contributed by atoms with E-state index in [2.05, 4.69) is 41.3 Å². The molecular weight excluding hydrogens is 210 g/mol. The standard InChI is InChI=1S/C14H23N3/c1-3-15-10-13-7-8-16-14(9-13)17(2)11-12-5-4-6-12/h7-9,12,15H,3-6,10-11H2,1-2H3. The van der Waals surface area contributed by atoms with E-state index < -0.39 is 0 Å². The van der Waals surface area contributed by atoms with Crippen LogP contribution in [0.4, 0.5) is 5.82 Å². The Bertz CT molecular complexity index is 347. The van der Waals surface area contributed by atoms with Crippen molar-refractivity contribution in [3.05, 3.63) is 23.9 Å². The first-order valence-corrected chi connectivity index (χ1v) is 6.66. The van der Waals surface area contributed by atoms with Crippen molar-refractivity contribution < 1.29 is 0 Å². The van der Waals surface area contributed by atoms with Gasteiger partial charge in [-0.1, -0.05) is 13.3 Å². The summed E-state index contributed by atoms with van der Waals surface area (Å²) >= 11 is 0. The molecule has 94 valence electrons. The van der Waals surface area contributed by atoms with Crippen LogP contribution in [0.25, 0.3) is 0 Å². The summed E-state index contributed by atoms with van der Waals surface area (Å²) in [6, 6.07) is 4.28. The number of hydrogen-bond acceptors (Lipinski definition) is 3. The van der Waals surface area contributed by atoms with Gasteiger partial charge in [-0.15, -0.1) is 0 Å². The predicted octanol–water partition coefficient (Wildman–Crippen LogP) is 2.43. The zero-order chi connectivity index (χ0) is 12.1. The van der Waals surface area contributed by atoms with Gasteiger partial charge < -0.3 is 10.2 Å². The van der Waals surface area contributed by atoms with Gasteiger partial charge in [-0.3, -0.25) is 0 Å². The Kier molecular flexibility index (Phi) is 4.37. The molecule has 1 heterocycles. The summed E-state index contributed by atoms with van der Waals surface area (Å²) in [6.07, 6.45) is 6.11. The first kappa shape index (κ1) is 12.4. The second-order valence-corrected chi connectivity index (χ2v) is 4.98. The number of pyridine rings is 1. The van der Waals surface area contributed by atoms with Crippen LogP contribution in [0.1, 0.15) is 31.7 Å². The zero-order valence-corrected chi connectivity index (χ0v) is 10.9. The Morgan fingerprint density at radius 1 is 1.47 bits per heavy atom. The van der Waals surface area contributed by atoms with Gasteiger partial charge in [0.15, 0.2) is 0 Å². The molecule has 1 aliphatic carbocycles. The summed E-state index contributed by atoms with van der Waals surface area (Å²) in [6.45, 7) is 5.22. The molecule has 1 fully saturated rings. The molecule has 0 radical (unpaired) electrons. The highest BCUT2D eigenvalue weighted by Crippen LogP contribution is 2.27. The first-order chi connectivity index (χ1) is 8.29. The van der Waals surface area contributed by atoms with E-state index in [4.69, 9.17) is 0 Å². The highest BCUT2D eigenvalue weighted by molar-refractivity contribution is 5.40. The number of anilines is 1. The molecule has 2 rings (SSSR count). The molecule has 0 atom stereocenters. The number of nitrogens with one attached hydrogen (secondary N) is 1. The lowest BCUT2D eigenvalue weighted by Crippen LogP contribution is -2.29. The average molecular weight is 233 g/mol. The maximum absolute atomic E-state index is 4.46. The zero-order valence-electron chi connectivity index (χ0n) is 10.9. The fourth-order valence-corrected chi connectivity index (χ4v) is 2.20. The Morgan fingerprint density at radius 2 is 2.29 bits per heavy atom. The minimum Gasteiger partial charge on any atom is -0.359 e. The second kappa shape index (κ2) is 6.01. The van der Waals surface area contributed by atoms with E-state index in [1.807, 2.05) is 6.20 Å². The van der Waals surface area contributed by atoms with Crippen LogP contribution < -0.4 is 10.2 Å². The maximum atomic E-state index is 4.46. The minimum atomic E-state index is 0.888. The molecule has 0 saturated heterocycles. The van der Waals surface area contributed by atoms with Crippen molar-refractivity contribution in [2.45, 2.75) is 32.7 Å². The van der Waals surface area contributed by atoms with Crippen LogP contribution in [0.2, 0.25) is 0 Å². The van der Waals surface area contributed by atoms with Gasteiger partial charge in [0.05, 0.1) is 0 Å². The highest BCUT2D eigenvalue weighted by atomic mass is 15.2. The Hall–Kier alpha value is -1.09. The van der Waals surface area contributed by atoms with Gasteiger partial charge in [0.1, 0.15) is 5.82 Å². The molecule has 0 aromatic carbocycles. The Morgan fingerprint density at radius 3 is 2.94 bits per heavy atom. The number of aromatic nitrogens is 1. The highest BCUT2D eigenvalue weighted by Gasteiger charge is 2.19. The quantitative estimate of drug-likeness (QED) is 0.818. The normalized spacial score (nSPS) is 15.6. The van der Waals surface area contributed by atoms with Crippen LogP contribution in [-0.4, -0.2) is 25.1 Å². The van der Waals surface area contributed by atoms with Crippen molar-refractivity contribution in [2.24, 2.45) is 5.92 Å². The fraction of sp³-hybridized carbons (Fsp3) is 0.643. The molecule has 1 N–H and O–H groups in total. The molecule has 0 amide bonds. The lowest BCUT2D eigenvalue weighted by Gasteiger charge is -2.30. The van der Waals surface area contributed by atoms with Gasteiger partial charge in [0.2, 0.25) is 0 Å². The van der Waals surface area contributed by atoms with Crippen LogP contribution in [0.15, 0.2) is 18.3 Å². The van der Waals surface area contributed by atoms with Crippen molar-refractivity contribution >= 4 is 5.82 Å². The summed E-state index contributed by atoms with van der Waals surface area (Å²) in [5, 5.41) is 3.35.